The van der Waals surface area contributed by atoms with Crippen LogP contribution in [0, 0.1) is 0 Å². The summed E-state index contributed by atoms with van der Waals surface area (Å²) in [4.78, 5) is 16.9. The number of furan rings is 1. The zero-order valence-corrected chi connectivity index (χ0v) is 12.9. The van der Waals surface area contributed by atoms with Crippen molar-refractivity contribution >= 4 is 17.4 Å². The Bertz CT molecular complexity index is 737. The molecule has 0 aromatic carbocycles. The quantitative estimate of drug-likeness (QED) is 0.643. The van der Waals surface area contributed by atoms with E-state index in [1.165, 1.54) is 23.9 Å². The monoisotopic (exact) mass is 333 g/mol. The summed E-state index contributed by atoms with van der Waals surface area (Å²) in [6.07, 6.45) is 2.09. The van der Waals surface area contributed by atoms with Crippen molar-refractivity contribution in [3.05, 3.63) is 53.6 Å². The molecule has 1 unspecified atom stereocenters. The van der Waals surface area contributed by atoms with E-state index in [1.807, 2.05) is 17.5 Å². The molecule has 23 heavy (non-hydrogen) atoms. The van der Waals surface area contributed by atoms with E-state index in [0.29, 0.717) is 17.3 Å². The number of amides is 2. The van der Waals surface area contributed by atoms with E-state index in [0.717, 1.165) is 4.88 Å². The first-order chi connectivity index (χ1) is 11.2. The fourth-order valence-corrected chi connectivity index (χ4v) is 2.56. The summed E-state index contributed by atoms with van der Waals surface area (Å²) in [6, 6.07) is 6.74. The molecule has 2 amide bonds. The molecular formula is C15H15N3O4S. The van der Waals surface area contributed by atoms with Crippen molar-refractivity contribution in [3.63, 3.8) is 0 Å². The number of urea groups is 1. The Labute approximate surface area is 136 Å². The predicted octanol–water partition coefficient (Wildman–Crippen LogP) is 2.53. The van der Waals surface area contributed by atoms with E-state index in [-0.39, 0.29) is 13.1 Å². The summed E-state index contributed by atoms with van der Waals surface area (Å²) in [5.74, 6) is 0.938. The van der Waals surface area contributed by atoms with Gasteiger partial charge in [0.25, 0.3) is 0 Å². The third-order valence-electron chi connectivity index (χ3n) is 3.04. The number of nitrogens with zero attached hydrogens (tertiary/aromatic N) is 1. The molecule has 0 saturated heterocycles. The Balaban J connectivity index is 1.44. The maximum Gasteiger partial charge on any atom is 0.315 e. The number of aliphatic hydroxyl groups excluding tert-OH is 1. The maximum absolute atomic E-state index is 11.7. The lowest BCUT2D eigenvalue weighted by atomic mass is 10.3. The molecule has 0 bridgehead atoms. The highest BCUT2D eigenvalue weighted by molar-refractivity contribution is 7.13. The smallest absolute Gasteiger partial charge is 0.315 e. The minimum absolute atomic E-state index is 0.0542. The van der Waals surface area contributed by atoms with Crippen molar-refractivity contribution in [2.24, 2.45) is 0 Å². The van der Waals surface area contributed by atoms with Crippen LogP contribution in [-0.4, -0.2) is 22.7 Å². The van der Waals surface area contributed by atoms with Gasteiger partial charge in [0.1, 0.15) is 18.1 Å². The topological polar surface area (TPSA) is 101 Å². The molecule has 0 saturated carbocycles. The van der Waals surface area contributed by atoms with Crippen LogP contribution >= 0.6 is 11.3 Å². The second kappa shape index (κ2) is 7.12. The Morgan fingerprint density at radius 3 is 2.96 bits per heavy atom. The first kappa shape index (κ1) is 15.3. The van der Waals surface area contributed by atoms with E-state index in [2.05, 4.69) is 15.6 Å². The number of carbonyl (C=O) groups excluding carboxylic acids is 1. The number of aromatic nitrogens is 1. The number of oxazole rings is 1. The molecular weight excluding hydrogens is 318 g/mol. The lowest BCUT2D eigenvalue weighted by molar-refractivity contribution is 0.148. The number of thiophene rings is 1. The molecule has 0 radical (unpaired) electrons. The highest BCUT2D eigenvalue weighted by atomic mass is 32.1. The SMILES string of the molecule is O=C(NCc1coc(-c2cccs2)n1)NCC(O)c1ccco1. The average Bonchev–Trinajstić information content (AvgIpc) is 3.32. The molecule has 0 fully saturated rings. The van der Waals surface area contributed by atoms with Crippen LogP contribution in [0.25, 0.3) is 10.8 Å². The van der Waals surface area contributed by atoms with Crippen LogP contribution in [0.3, 0.4) is 0 Å². The molecule has 0 spiro atoms. The third kappa shape index (κ3) is 3.99. The second-order valence-corrected chi connectivity index (χ2v) is 5.66. The largest absolute Gasteiger partial charge is 0.467 e. The van der Waals surface area contributed by atoms with Gasteiger partial charge in [-0.15, -0.1) is 11.3 Å². The predicted molar refractivity (Wildman–Crippen MR) is 83.7 cm³/mol. The van der Waals surface area contributed by atoms with Gasteiger partial charge in [-0.25, -0.2) is 9.78 Å². The number of rotatable bonds is 6. The van der Waals surface area contributed by atoms with Gasteiger partial charge < -0.3 is 24.6 Å². The van der Waals surface area contributed by atoms with Crippen molar-refractivity contribution in [1.29, 1.82) is 0 Å². The zero-order valence-electron chi connectivity index (χ0n) is 12.1. The van der Waals surface area contributed by atoms with E-state index >= 15 is 0 Å². The Morgan fingerprint density at radius 1 is 1.30 bits per heavy atom. The van der Waals surface area contributed by atoms with Crippen LogP contribution in [0.15, 0.2) is 51.0 Å². The zero-order chi connectivity index (χ0) is 16.1. The summed E-state index contributed by atoms with van der Waals surface area (Å²) in [5.41, 5.74) is 0.620. The van der Waals surface area contributed by atoms with Crippen molar-refractivity contribution in [1.82, 2.24) is 15.6 Å². The lowest BCUT2D eigenvalue weighted by Gasteiger charge is -2.10. The Morgan fingerprint density at radius 2 is 2.22 bits per heavy atom. The van der Waals surface area contributed by atoms with Gasteiger partial charge in [-0.05, 0) is 23.6 Å². The van der Waals surface area contributed by atoms with Gasteiger partial charge in [-0.2, -0.15) is 0 Å². The van der Waals surface area contributed by atoms with Crippen LogP contribution in [0.1, 0.15) is 17.6 Å². The van der Waals surface area contributed by atoms with Crippen molar-refractivity contribution in [3.8, 4) is 10.8 Å². The van der Waals surface area contributed by atoms with Crippen molar-refractivity contribution in [2.75, 3.05) is 6.54 Å². The van der Waals surface area contributed by atoms with E-state index in [4.69, 9.17) is 8.83 Å². The number of aliphatic hydroxyl groups is 1. The number of hydrogen-bond donors (Lipinski definition) is 3. The molecule has 0 aliphatic rings. The third-order valence-corrected chi connectivity index (χ3v) is 3.90. The van der Waals surface area contributed by atoms with Gasteiger partial charge >= 0.3 is 6.03 Å². The van der Waals surface area contributed by atoms with Crippen LogP contribution in [-0.2, 0) is 6.54 Å². The molecule has 1 atom stereocenters. The maximum atomic E-state index is 11.7. The minimum Gasteiger partial charge on any atom is -0.467 e. The first-order valence-corrected chi connectivity index (χ1v) is 7.82. The van der Waals surface area contributed by atoms with Crippen LogP contribution in [0.5, 0.6) is 0 Å². The summed E-state index contributed by atoms with van der Waals surface area (Å²) >= 11 is 1.53. The fourth-order valence-electron chi connectivity index (χ4n) is 1.91. The molecule has 0 aliphatic heterocycles. The van der Waals surface area contributed by atoms with Gasteiger partial charge in [0.2, 0.25) is 5.89 Å². The summed E-state index contributed by atoms with van der Waals surface area (Å²) < 4.78 is 10.4. The summed E-state index contributed by atoms with van der Waals surface area (Å²) in [7, 11) is 0. The molecule has 3 aromatic rings. The molecule has 8 heteroatoms. The summed E-state index contributed by atoms with van der Waals surface area (Å²) in [5, 5.41) is 16.9. The Hall–Kier alpha value is -2.58. The first-order valence-electron chi connectivity index (χ1n) is 6.94. The van der Waals surface area contributed by atoms with Crippen LogP contribution in [0.2, 0.25) is 0 Å². The van der Waals surface area contributed by atoms with Crippen molar-refractivity contribution < 1.29 is 18.7 Å². The minimum atomic E-state index is -0.881. The van der Waals surface area contributed by atoms with Gasteiger partial charge in [0.05, 0.1) is 29.9 Å². The van der Waals surface area contributed by atoms with Gasteiger partial charge in [0, 0.05) is 0 Å². The van der Waals surface area contributed by atoms with E-state index in [1.54, 1.807) is 12.1 Å². The van der Waals surface area contributed by atoms with E-state index < -0.39 is 12.1 Å². The standard InChI is InChI=1S/C15H15N3O4S/c19-11(12-3-1-5-21-12)8-17-15(20)16-7-10-9-22-14(18-10)13-4-2-6-23-13/h1-6,9,11,19H,7-8H2,(H2,16,17,20). The lowest BCUT2D eigenvalue weighted by Crippen LogP contribution is -2.37. The number of nitrogens with one attached hydrogen (secondary N) is 2. The molecule has 7 nitrogen and oxygen atoms in total. The Kier molecular flexibility index (Phi) is 4.74. The normalized spacial score (nSPS) is 12.0. The highest BCUT2D eigenvalue weighted by Crippen LogP contribution is 2.23. The van der Waals surface area contributed by atoms with Gasteiger partial charge in [0.15, 0.2) is 0 Å². The fraction of sp³-hybridized carbons (Fsp3) is 0.200. The molecule has 3 aromatic heterocycles. The molecule has 3 heterocycles. The molecule has 120 valence electrons. The number of hydrogen-bond acceptors (Lipinski definition) is 6. The average molecular weight is 333 g/mol. The molecule has 3 N–H and O–H groups in total. The van der Waals surface area contributed by atoms with Gasteiger partial charge in [-0.1, -0.05) is 6.07 Å². The molecule has 0 aliphatic carbocycles. The highest BCUT2D eigenvalue weighted by Gasteiger charge is 2.12. The van der Waals surface area contributed by atoms with Crippen molar-refractivity contribution in [2.45, 2.75) is 12.6 Å². The van der Waals surface area contributed by atoms with Crippen LogP contribution < -0.4 is 10.6 Å². The summed E-state index contributed by atoms with van der Waals surface area (Å²) in [6.45, 7) is 0.288. The second-order valence-electron chi connectivity index (χ2n) is 4.72. The number of carbonyl (C=O) groups is 1. The van der Waals surface area contributed by atoms with Gasteiger partial charge in [-0.3, -0.25) is 0 Å². The van der Waals surface area contributed by atoms with E-state index in [9.17, 15) is 9.90 Å². The van der Waals surface area contributed by atoms with Crippen LogP contribution in [0.4, 0.5) is 4.79 Å². The molecule has 3 rings (SSSR count).